The molecule has 2 aromatic carbocycles. The number of ether oxygens (including phenoxy) is 1. The van der Waals surface area contributed by atoms with Crippen LogP contribution in [0, 0.1) is 13.8 Å². The number of hydrogen-bond donors (Lipinski definition) is 3. The van der Waals surface area contributed by atoms with Gasteiger partial charge in [0.05, 0.1) is 17.7 Å². The minimum absolute atomic E-state index is 0.00550. The second-order valence-corrected chi connectivity index (χ2v) is 9.75. The van der Waals surface area contributed by atoms with Crippen LogP contribution in [0.4, 0.5) is 5.69 Å². The van der Waals surface area contributed by atoms with Gasteiger partial charge in [-0.25, -0.2) is 13.1 Å². The Morgan fingerprint density at radius 3 is 2.69 bits per heavy atom. The highest BCUT2D eigenvalue weighted by atomic mass is 35.5. The topological polar surface area (TPSA) is 114 Å². The van der Waals surface area contributed by atoms with Crippen LogP contribution in [-0.2, 0) is 19.6 Å². The van der Waals surface area contributed by atoms with E-state index >= 15 is 0 Å². The molecule has 0 radical (unpaired) electrons. The molecule has 1 unspecified atom stereocenters. The third kappa shape index (κ3) is 6.07. The van der Waals surface area contributed by atoms with E-state index in [2.05, 4.69) is 15.4 Å². The number of amides is 2. The predicted molar refractivity (Wildman–Crippen MR) is 122 cm³/mol. The first-order valence-corrected chi connectivity index (χ1v) is 12.1. The Kier molecular flexibility index (Phi) is 7.89. The molecular formula is C22H26ClN3O5S. The summed E-state index contributed by atoms with van der Waals surface area (Å²) in [6.45, 7) is 4.31. The molecule has 1 atom stereocenters. The van der Waals surface area contributed by atoms with Gasteiger partial charge >= 0.3 is 0 Å². The van der Waals surface area contributed by atoms with Crippen LogP contribution in [0.5, 0.6) is 0 Å². The Balaban J connectivity index is 1.62. The van der Waals surface area contributed by atoms with Gasteiger partial charge in [0.15, 0.2) is 0 Å². The fourth-order valence-electron chi connectivity index (χ4n) is 3.28. The third-order valence-corrected chi connectivity index (χ3v) is 7.20. The highest BCUT2D eigenvalue weighted by molar-refractivity contribution is 7.89. The van der Waals surface area contributed by atoms with Crippen molar-refractivity contribution in [3.8, 4) is 0 Å². The van der Waals surface area contributed by atoms with Crippen LogP contribution in [0.2, 0.25) is 5.02 Å². The molecule has 0 aromatic heterocycles. The number of carbonyl (C=O) groups excluding carboxylic acids is 2. The number of nitrogens with one attached hydrogen (secondary N) is 3. The van der Waals surface area contributed by atoms with E-state index in [1.165, 1.54) is 18.2 Å². The number of rotatable bonds is 8. The van der Waals surface area contributed by atoms with Gasteiger partial charge in [0.1, 0.15) is 4.90 Å². The number of benzene rings is 2. The van der Waals surface area contributed by atoms with Gasteiger partial charge in [-0.05, 0) is 62.1 Å². The van der Waals surface area contributed by atoms with Gasteiger partial charge in [-0.3, -0.25) is 9.59 Å². The van der Waals surface area contributed by atoms with Crippen molar-refractivity contribution in [3.63, 3.8) is 0 Å². The molecule has 1 aliphatic rings. The molecule has 0 aliphatic carbocycles. The van der Waals surface area contributed by atoms with E-state index in [9.17, 15) is 18.0 Å². The zero-order valence-corrected chi connectivity index (χ0v) is 19.5. The lowest BCUT2D eigenvalue weighted by Gasteiger charge is -2.13. The van der Waals surface area contributed by atoms with Crippen LogP contribution in [0.15, 0.2) is 41.3 Å². The molecule has 3 rings (SSSR count). The zero-order valence-electron chi connectivity index (χ0n) is 17.9. The van der Waals surface area contributed by atoms with Crippen molar-refractivity contribution >= 4 is 39.1 Å². The van der Waals surface area contributed by atoms with E-state index in [0.717, 1.165) is 24.0 Å². The van der Waals surface area contributed by atoms with E-state index in [0.29, 0.717) is 12.3 Å². The number of carbonyl (C=O) groups is 2. The standard InChI is InChI=1S/C22H26ClN3O5S/c1-14-5-3-7-19(15(14)2)26-21(27)13-24-22(28)16-8-9-18(23)20(11-16)32(29,30)25-12-17-6-4-10-31-17/h3,5,7-9,11,17,25H,4,6,10,12-13H2,1-2H3,(H,24,28)(H,26,27). The molecule has 0 saturated carbocycles. The summed E-state index contributed by atoms with van der Waals surface area (Å²) in [4.78, 5) is 24.5. The number of aryl methyl sites for hydroxylation is 1. The van der Waals surface area contributed by atoms with Crippen LogP contribution in [-0.4, -0.2) is 46.0 Å². The van der Waals surface area contributed by atoms with Crippen molar-refractivity contribution < 1.29 is 22.7 Å². The van der Waals surface area contributed by atoms with E-state index in [4.69, 9.17) is 16.3 Å². The summed E-state index contributed by atoms with van der Waals surface area (Å²) in [5.74, 6) is -0.986. The van der Waals surface area contributed by atoms with Gasteiger partial charge < -0.3 is 15.4 Å². The normalized spacial score (nSPS) is 16.0. The molecule has 10 heteroatoms. The average Bonchev–Trinajstić information content (AvgIpc) is 3.28. The van der Waals surface area contributed by atoms with Gasteiger partial charge in [0, 0.05) is 24.4 Å². The lowest BCUT2D eigenvalue weighted by molar-refractivity contribution is -0.115. The maximum Gasteiger partial charge on any atom is 0.251 e. The van der Waals surface area contributed by atoms with Crippen molar-refractivity contribution in [2.75, 3.05) is 25.0 Å². The summed E-state index contributed by atoms with van der Waals surface area (Å²) < 4.78 is 33.2. The minimum atomic E-state index is -3.94. The molecule has 0 spiro atoms. The van der Waals surface area contributed by atoms with Crippen LogP contribution in [0.25, 0.3) is 0 Å². The Morgan fingerprint density at radius 2 is 1.97 bits per heavy atom. The van der Waals surface area contributed by atoms with Crippen molar-refractivity contribution in [2.45, 2.75) is 37.7 Å². The van der Waals surface area contributed by atoms with Gasteiger partial charge in [0.25, 0.3) is 5.91 Å². The maximum absolute atomic E-state index is 12.7. The smallest absolute Gasteiger partial charge is 0.251 e. The monoisotopic (exact) mass is 479 g/mol. The van der Waals surface area contributed by atoms with Gasteiger partial charge in [0.2, 0.25) is 15.9 Å². The molecule has 0 bridgehead atoms. The molecule has 2 aromatic rings. The fraction of sp³-hybridized carbons (Fsp3) is 0.364. The SMILES string of the molecule is Cc1cccc(NC(=O)CNC(=O)c2ccc(Cl)c(S(=O)(=O)NCC3CCCO3)c2)c1C. The Labute approximate surface area is 192 Å². The van der Waals surface area contributed by atoms with Crippen LogP contribution >= 0.6 is 11.6 Å². The first kappa shape index (κ1) is 24.2. The second kappa shape index (κ2) is 10.4. The molecule has 8 nitrogen and oxygen atoms in total. The van der Waals surface area contributed by atoms with Crippen molar-refractivity contribution in [2.24, 2.45) is 0 Å². The van der Waals surface area contributed by atoms with Crippen LogP contribution in [0.3, 0.4) is 0 Å². The number of halogens is 1. The zero-order chi connectivity index (χ0) is 23.3. The van der Waals surface area contributed by atoms with Crippen molar-refractivity contribution in [1.29, 1.82) is 0 Å². The lowest BCUT2D eigenvalue weighted by Crippen LogP contribution is -2.34. The average molecular weight is 480 g/mol. The van der Waals surface area contributed by atoms with Gasteiger partial charge in [-0.15, -0.1) is 0 Å². The van der Waals surface area contributed by atoms with Crippen molar-refractivity contribution in [1.82, 2.24) is 10.0 Å². The number of anilines is 1. The molecular weight excluding hydrogens is 454 g/mol. The van der Waals surface area contributed by atoms with Crippen LogP contribution in [0.1, 0.15) is 34.3 Å². The molecule has 1 heterocycles. The van der Waals surface area contributed by atoms with Crippen LogP contribution < -0.4 is 15.4 Å². The molecule has 1 fully saturated rings. The Bertz CT molecular complexity index is 1110. The summed E-state index contributed by atoms with van der Waals surface area (Å²) in [6, 6.07) is 9.49. The summed E-state index contributed by atoms with van der Waals surface area (Å²) in [6.07, 6.45) is 1.49. The lowest BCUT2D eigenvalue weighted by atomic mass is 10.1. The van der Waals surface area contributed by atoms with Gasteiger partial charge in [-0.1, -0.05) is 23.7 Å². The summed E-state index contributed by atoms with van der Waals surface area (Å²) in [5, 5.41) is 5.25. The molecule has 32 heavy (non-hydrogen) atoms. The fourth-order valence-corrected chi connectivity index (χ4v) is 4.87. The van der Waals surface area contributed by atoms with E-state index < -0.39 is 21.8 Å². The van der Waals surface area contributed by atoms with E-state index in [1.807, 2.05) is 26.0 Å². The predicted octanol–water partition coefficient (Wildman–Crippen LogP) is 2.78. The third-order valence-electron chi connectivity index (χ3n) is 5.30. The molecule has 1 aliphatic heterocycles. The Hall–Kier alpha value is -2.46. The summed E-state index contributed by atoms with van der Waals surface area (Å²) in [5.41, 5.74) is 2.72. The molecule has 2 amide bonds. The maximum atomic E-state index is 12.7. The molecule has 172 valence electrons. The largest absolute Gasteiger partial charge is 0.377 e. The quantitative estimate of drug-likeness (QED) is 0.538. The number of hydrogen-bond acceptors (Lipinski definition) is 5. The highest BCUT2D eigenvalue weighted by Crippen LogP contribution is 2.23. The first-order valence-electron chi connectivity index (χ1n) is 10.2. The summed E-state index contributed by atoms with van der Waals surface area (Å²) >= 11 is 6.08. The molecule has 3 N–H and O–H groups in total. The highest BCUT2D eigenvalue weighted by Gasteiger charge is 2.23. The summed E-state index contributed by atoms with van der Waals surface area (Å²) in [7, 11) is -3.94. The van der Waals surface area contributed by atoms with Crippen molar-refractivity contribution in [3.05, 3.63) is 58.1 Å². The van der Waals surface area contributed by atoms with E-state index in [1.54, 1.807) is 6.07 Å². The Morgan fingerprint density at radius 1 is 1.19 bits per heavy atom. The van der Waals surface area contributed by atoms with E-state index in [-0.39, 0.29) is 34.7 Å². The minimum Gasteiger partial charge on any atom is -0.377 e. The first-order chi connectivity index (χ1) is 15.2. The molecule has 1 saturated heterocycles. The second-order valence-electron chi connectivity index (χ2n) is 7.61. The number of sulfonamides is 1. The van der Waals surface area contributed by atoms with Gasteiger partial charge in [-0.2, -0.15) is 0 Å².